The number of nitrogens with zero attached hydrogens (tertiary/aromatic N) is 3. The summed E-state index contributed by atoms with van der Waals surface area (Å²) in [5, 5.41) is 4.26. The highest BCUT2D eigenvalue weighted by atomic mass is 15.4. The maximum atomic E-state index is 4.26. The molecule has 0 atom stereocenters. The third-order valence-electron chi connectivity index (χ3n) is 2.15. The van der Waals surface area contributed by atoms with Crippen molar-refractivity contribution in [2.45, 2.75) is 13.0 Å². The summed E-state index contributed by atoms with van der Waals surface area (Å²) in [6.07, 6.45) is 4.02. The minimum absolute atomic E-state index is 0.619. The van der Waals surface area contributed by atoms with Crippen LogP contribution in [-0.4, -0.2) is 34.8 Å². The molecule has 1 saturated heterocycles. The van der Waals surface area contributed by atoms with E-state index in [9.17, 15) is 0 Å². The van der Waals surface area contributed by atoms with E-state index in [1.807, 2.05) is 6.20 Å². The first kappa shape index (κ1) is 6.85. The van der Waals surface area contributed by atoms with Crippen LogP contribution in [0.5, 0.6) is 0 Å². The van der Waals surface area contributed by atoms with Crippen LogP contribution in [0.25, 0.3) is 0 Å². The molecule has 1 aliphatic rings. The lowest BCUT2D eigenvalue weighted by molar-refractivity contribution is 0.130. The van der Waals surface area contributed by atoms with E-state index < -0.39 is 0 Å². The predicted molar refractivity (Wildman–Crippen MR) is 43.5 cm³/mol. The average Bonchev–Trinajstić information content (AvgIpc) is 2.29. The molecule has 0 N–H and O–H groups in total. The first-order chi connectivity index (χ1) is 5.25. The fourth-order valence-electron chi connectivity index (χ4n) is 1.47. The standard InChI is InChI=1S/C8H13N3/c1-7-3-9-11(4-7)8-5-10(2)6-8/h3-4,8H,5-6H2,1-2H3. The molecular formula is C8H13N3. The largest absolute Gasteiger partial charge is 0.302 e. The number of hydrogen-bond donors (Lipinski definition) is 0. The van der Waals surface area contributed by atoms with Gasteiger partial charge in [0.1, 0.15) is 0 Å². The highest BCUT2D eigenvalue weighted by Gasteiger charge is 2.24. The minimum Gasteiger partial charge on any atom is -0.302 e. The first-order valence-electron chi connectivity index (χ1n) is 3.95. The fourth-order valence-corrected chi connectivity index (χ4v) is 1.47. The fraction of sp³-hybridized carbons (Fsp3) is 0.625. The van der Waals surface area contributed by atoms with Crippen LogP contribution < -0.4 is 0 Å². The molecule has 0 unspecified atom stereocenters. The monoisotopic (exact) mass is 151 g/mol. The van der Waals surface area contributed by atoms with Crippen molar-refractivity contribution in [1.82, 2.24) is 14.7 Å². The second-order valence-electron chi connectivity index (χ2n) is 3.37. The van der Waals surface area contributed by atoms with Gasteiger partial charge in [0.05, 0.1) is 12.2 Å². The van der Waals surface area contributed by atoms with Crippen LogP contribution in [-0.2, 0) is 0 Å². The third kappa shape index (κ3) is 1.16. The molecule has 0 saturated carbocycles. The Morgan fingerprint density at radius 2 is 2.27 bits per heavy atom. The Balaban J connectivity index is 2.07. The van der Waals surface area contributed by atoms with Crippen LogP contribution in [0.2, 0.25) is 0 Å². The SMILES string of the molecule is Cc1cnn(C2CN(C)C2)c1. The molecule has 1 fully saturated rings. The van der Waals surface area contributed by atoms with Crippen LogP contribution in [0.4, 0.5) is 0 Å². The Kier molecular flexibility index (Phi) is 1.46. The first-order valence-corrected chi connectivity index (χ1v) is 3.95. The molecule has 0 amide bonds. The lowest BCUT2D eigenvalue weighted by Crippen LogP contribution is -2.45. The Bertz CT molecular complexity index is 248. The molecule has 0 radical (unpaired) electrons. The van der Waals surface area contributed by atoms with Crippen molar-refractivity contribution in [2.24, 2.45) is 0 Å². The number of aryl methyl sites for hydroxylation is 1. The molecule has 2 heterocycles. The second-order valence-corrected chi connectivity index (χ2v) is 3.37. The summed E-state index contributed by atoms with van der Waals surface area (Å²) in [6, 6.07) is 0.619. The zero-order valence-electron chi connectivity index (χ0n) is 6.99. The van der Waals surface area contributed by atoms with E-state index in [1.54, 1.807) is 0 Å². The van der Waals surface area contributed by atoms with Crippen LogP contribution in [0.15, 0.2) is 12.4 Å². The zero-order valence-corrected chi connectivity index (χ0v) is 6.99. The molecule has 0 aliphatic carbocycles. The highest BCUT2D eigenvalue weighted by Crippen LogP contribution is 2.17. The van der Waals surface area contributed by atoms with Crippen LogP contribution in [0.1, 0.15) is 11.6 Å². The van der Waals surface area contributed by atoms with Gasteiger partial charge in [-0.25, -0.2) is 0 Å². The molecule has 3 nitrogen and oxygen atoms in total. The van der Waals surface area contributed by atoms with E-state index in [-0.39, 0.29) is 0 Å². The van der Waals surface area contributed by atoms with Gasteiger partial charge in [-0.3, -0.25) is 4.68 Å². The van der Waals surface area contributed by atoms with Crippen molar-refractivity contribution in [3.05, 3.63) is 18.0 Å². The summed E-state index contributed by atoms with van der Waals surface area (Å²) in [5.41, 5.74) is 1.25. The zero-order chi connectivity index (χ0) is 7.84. The van der Waals surface area contributed by atoms with Crippen LogP contribution in [0, 0.1) is 6.92 Å². The van der Waals surface area contributed by atoms with E-state index >= 15 is 0 Å². The van der Waals surface area contributed by atoms with Gasteiger partial charge in [0.25, 0.3) is 0 Å². The molecule has 1 aromatic heterocycles. The minimum atomic E-state index is 0.619. The van der Waals surface area contributed by atoms with Crippen molar-refractivity contribution in [3.63, 3.8) is 0 Å². The summed E-state index contributed by atoms with van der Waals surface area (Å²) >= 11 is 0. The Morgan fingerprint density at radius 3 is 2.73 bits per heavy atom. The van der Waals surface area contributed by atoms with Gasteiger partial charge in [-0.05, 0) is 19.5 Å². The molecular weight excluding hydrogens is 138 g/mol. The van der Waals surface area contributed by atoms with Gasteiger partial charge >= 0.3 is 0 Å². The normalized spacial score (nSPS) is 20.2. The number of likely N-dealkylation sites (N-methyl/N-ethyl adjacent to an activating group) is 1. The van der Waals surface area contributed by atoms with Gasteiger partial charge in [0.15, 0.2) is 0 Å². The number of hydrogen-bond acceptors (Lipinski definition) is 2. The molecule has 0 aromatic carbocycles. The maximum absolute atomic E-state index is 4.26. The van der Waals surface area contributed by atoms with Crippen molar-refractivity contribution in [3.8, 4) is 0 Å². The molecule has 11 heavy (non-hydrogen) atoms. The quantitative estimate of drug-likeness (QED) is 0.588. The van der Waals surface area contributed by atoms with E-state index in [2.05, 4.69) is 34.8 Å². The predicted octanol–water partition coefficient (Wildman–Crippen LogP) is 0.678. The molecule has 1 aromatic rings. The number of rotatable bonds is 1. The van der Waals surface area contributed by atoms with Gasteiger partial charge in [0.2, 0.25) is 0 Å². The summed E-state index contributed by atoms with van der Waals surface area (Å²) in [6.45, 7) is 4.36. The van der Waals surface area contributed by atoms with Gasteiger partial charge in [-0.15, -0.1) is 0 Å². The van der Waals surface area contributed by atoms with Crippen LogP contribution in [0.3, 0.4) is 0 Å². The molecule has 3 heteroatoms. The van der Waals surface area contributed by atoms with Crippen molar-refractivity contribution in [2.75, 3.05) is 20.1 Å². The van der Waals surface area contributed by atoms with E-state index in [0.29, 0.717) is 6.04 Å². The van der Waals surface area contributed by atoms with Gasteiger partial charge in [-0.1, -0.05) is 0 Å². The summed E-state index contributed by atoms with van der Waals surface area (Å²) in [5.74, 6) is 0. The van der Waals surface area contributed by atoms with Gasteiger partial charge in [-0.2, -0.15) is 5.10 Å². The molecule has 0 spiro atoms. The average molecular weight is 151 g/mol. The van der Waals surface area contributed by atoms with Crippen molar-refractivity contribution >= 4 is 0 Å². The smallest absolute Gasteiger partial charge is 0.0772 e. The highest BCUT2D eigenvalue weighted by molar-refractivity contribution is 5.01. The molecule has 0 bridgehead atoms. The lowest BCUT2D eigenvalue weighted by atomic mass is 10.1. The topological polar surface area (TPSA) is 21.1 Å². The van der Waals surface area contributed by atoms with Crippen molar-refractivity contribution in [1.29, 1.82) is 0 Å². The van der Waals surface area contributed by atoms with Gasteiger partial charge < -0.3 is 4.90 Å². The van der Waals surface area contributed by atoms with Crippen molar-refractivity contribution < 1.29 is 0 Å². The molecule has 2 rings (SSSR count). The second kappa shape index (κ2) is 2.34. The Hall–Kier alpha value is -0.830. The maximum Gasteiger partial charge on any atom is 0.0772 e. The van der Waals surface area contributed by atoms with Crippen LogP contribution >= 0.6 is 0 Å². The Labute approximate surface area is 66.6 Å². The lowest BCUT2D eigenvalue weighted by Gasteiger charge is -2.36. The third-order valence-corrected chi connectivity index (χ3v) is 2.15. The molecule has 60 valence electrons. The summed E-state index contributed by atoms with van der Waals surface area (Å²) in [7, 11) is 2.13. The summed E-state index contributed by atoms with van der Waals surface area (Å²) < 4.78 is 2.06. The van der Waals surface area contributed by atoms with E-state index in [0.717, 1.165) is 13.1 Å². The Morgan fingerprint density at radius 1 is 1.55 bits per heavy atom. The molecule has 1 aliphatic heterocycles. The number of aromatic nitrogens is 2. The van der Waals surface area contributed by atoms with E-state index in [1.165, 1.54) is 5.56 Å². The summed E-state index contributed by atoms with van der Waals surface area (Å²) in [4.78, 5) is 2.29. The van der Waals surface area contributed by atoms with E-state index in [4.69, 9.17) is 0 Å². The number of likely N-dealkylation sites (tertiary alicyclic amines) is 1. The van der Waals surface area contributed by atoms with Gasteiger partial charge in [0, 0.05) is 19.3 Å².